The van der Waals surface area contributed by atoms with Crippen molar-refractivity contribution in [3.8, 4) is 0 Å². The van der Waals surface area contributed by atoms with Crippen LogP contribution in [0.5, 0.6) is 0 Å². The van der Waals surface area contributed by atoms with E-state index >= 15 is 0 Å². The summed E-state index contributed by atoms with van der Waals surface area (Å²) in [5.41, 5.74) is -0.206. The molecule has 1 saturated heterocycles. The van der Waals surface area contributed by atoms with E-state index in [1.165, 1.54) is 22.1 Å². The summed E-state index contributed by atoms with van der Waals surface area (Å²) in [6.45, 7) is 0.915. The molecule has 2 amide bonds. The number of aromatic nitrogens is 3. The van der Waals surface area contributed by atoms with Gasteiger partial charge in [0.05, 0.1) is 6.54 Å². The summed E-state index contributed by atoms with van der Waals surface area (Å²) in [5, 5.41) is 7.11. The van der Waals surface area contributed by atoms with Gasteiger partial charge in [-0.1, -0.05) is 12.8 Å². The molecule has 8 nitrogen and oxygen atoms in total. The van der Waals surface area contributed by atoms with E-state index in [-0.39, 0.29) is 17.5 Å². The van der Waals surface area contributed by atoms with Crippen LogP contribution in [-0.4, -0.2) is 43.6 Å². The SMILES string of the molecule is Cn1nc(CN2CCCCC(NC(=O)CCC3CC3)C2=O)n(C)c1=O. The van der Waals surface area contributed by atoms with Gasteiger partial charge in [0.15, 0.2) is 5.82 Å². The van der Waals surface area contributed by atoms with Gasteiger partial charge in [-0.3, -0.25) is 14.2 Å². The summed E-state index contributed by atoms with van der Waals surface area (Å²) < 4.78 is 2.73. The van der Waals surface area contributed by atoms with Crippen molar-refractivity contribution >= 4 is 11.8 Å². The fraction of sp³-hybridized carbons (Fsp3) is 0.765. The number of hydrogen-bond acceptors (Lipinski definition) is 4. The minimum atomic E-state index is -0.463. The van der Waals surface area contributed by atoms with Gasteiger partial charge in [0.1, 0.15) is 6.04 Å². The number of likely N-dealkylation sites (tertiary alicyclic amines) is 1. The Hall–Kier alpha value is -2.12. The highest BCUT2D eigenvalue weighted by molar-refractivity contribution is 5.87. The standard InChI is InChI=1S/C17H27N5O3/c1-20-14(19-21(2)17(20)25)11-22-10-4-3-5-13(16(22)24)18-15(23)9-8-12-6-7-12/h12-13H,3-11H2,1-2H3,(H,18,23). The van der Waals surface area contributed by atoms with Gasteiger partial charge < -0.3 is 10.2 Å². The van der Waals surface area contributed by atoms with Crippen LogP contribution in [0.3, 0.4) is 0 Å². The zero-order chi connectivity index (χ0) is 18.0. The maximum Gasteiger partial charge on any atom is 0.345 e. The van der Waals surface area contributed by atoms with Crippen molar-refractivity contribution in [3.63, 3.8) is 0 Å². The molecule has 25 heavy (non-hydrogen) atoms. The number of nitrogens with zero attached hydrogens (tertiary/aromatic N) is 4. The molecule has 2 heterocycles. The number of carbonyl (C=O) groups is 2. The van der Waals surface area contributed by atoms with Crippen molar-refractivity contribution in [2.75, 3.05) is 6.54 Å². The second-order valence-electron chi connectivity index (χ2n) is 7.24. The number of aryl methyl sites for hydroxylation is 1. The van der Waals surface area contributed by atoms with E-state index in [1.54, 1.807) is 19.0 Å². The first-order valence-corrected chi connectivity index (χ1v) is 9.12. The molecule has 1 N–H and O–H groups in total. The van der Waals surface area contributed by atoms with E-state index < -0.39 is 6.04 Å². The van der Waals surface area contributed by atoms with Gasteiger partial charge in [0.2, 0.25) is 11.8 Å². The molecular formula is C17H27N5O3. The lowest BCUT2D eigenvalue weighted by Crippen LogP contribution is -2.47. The smallest absolute Gasteiger partial charge is 0.344 e. The zero-order valence-corrected chi connectivity index (χ0v) is 15.0. The van der Waals surface area contributed by atoms with Crippen molar-refractivity contribution in [1.29, 1.82) is 0 Å². The molecule has 1 aromatic rings. The lowest BCUT2D eigenvalue weighted by molar-refractivity contribution is -0.136. The van der Waals surface area contributed by atoms with Crippen molar-refractivity contribution in [2.45, 2.75) is 57.5 Å². The van der Waals surface area contributed by atoms with Gasteiger partial charge in [-0.25, -0.2) is 9.48 Å². The Balaban J connectivity index is 1.62. The Morgan fingerprint density at radius 3 is 2.60 bits per heavy atom. The monoisotopic (exact) mass is 349 g/mol. The molecule has 2 aliphatic rings. The van der Waals surface area contributed by atoms with E-state index in [1.807, 2.05) is 0 Å². The highest BCUT2D eigenvalue weighted by Crippen LogP contribution is 2.33. The molecule has 1 aliphatic heterocycles. The molecule has 1 unspecified atom stereocenters. The molecule has 2 fully saturated rings. The average molecular weight is 349 g/mol. The van der Waals surface area contributed by atoms with Gasteiger partial charge in [-0.05, 0) is 31.6 Å². The molecule has 0 aromatic carbocycles. The van der Waals surface area contributed by atoms with Crippen LogP contribution in [0, 0.1) is 5.92 Å². The Bertz CT molecular complexity index is 704. The maximum atomic E-state index is 12.8. The summed E-state index contributed by atoms with van der Waals surface area (Å²) in [6.07, 6.45) is 6.34. The van der Waals surface area contributed by atoms with E-state index in [0.717, 1.165) is 19.3 Å². The fourth-order valence-corrected chi connectivity index (χ4v) is 3.32. The van der Waals surface area contributed by atoms with Crippen molar-refractivity contribution in [3.05, 3.63) is 16.3 Å². The van der Waals surface area contributed by atoms with Crippen LogP contribution in [0.4, 0.5) is 0 Å². The molecule has 1 atom stereocenters. The number of nitrogens with one attached hydrogen (secondary N) is 1. The lowest BCUT2D eigenvalue weighted by atomic mass is 10.1. The predicted molar refractivity (Wildman–Crippen MR) is 91.6 cm³/mol. The van der Waals surface area contributed by atoms with Crippen LogP contribution < -0.4 is 11.0 Å². The second-order valence-corrected chi connectivity index (χ2v) is 7.24. The first-order valence-electron chi connectivity index (χ1n) is 9.12. The van der Waals surface area contributed by atoms with Gasteiger partial charge in [-0.2, -0.15) is 5.10 Å². The predicted octanol–water partition coefficient (Wildman–Crippen LogP) is 0.306. The molecule has 0 radical (unpaired) electrons. The van der Waals surface area contributed by atoms with Gasteiger partial charge in [0.25, 0.3) is 0 Å². The molecule has 3 rings (SSSR count). The summed E-state index contributed by atoms with van der Waals surface area (Å²) in [7, 11) is 3.25. The zero-order valence-electron chi connectivity index (χ0n) is 15.0. The number of amides is 2. The molecule has 1 aromatic heterocycles. The summed E-state index contributed by atoms with van der Waals surface area (Å²) in [6, 6.07) is -0.463. The second kappa shape index (κ2) is 7.41. The summed E-state index contributed by atoms with van der Waals surface area (Å²) in [4.78, 5) is 38.5. The largest absolute Gasteiger partial charge is 0.345 e. The van der Waals surface area contributed by atoms with Crippen molar-refractivity contribution in [1.82, 2.24) is 24.6 Å². The number of hydrogen-bond donors (Lipinski definition) is 1. The molecule has 1 saturated carbocycles. The van der Waals surface area contributed by atoms with Crippen LogP contribution in [0.15, 0.2) is 4.79 Å². The molecule has 138 valence electrons. The summed E-state index contributed by atoms with van der Waals surface area (Å²) in [5.74, 6) is 1.16. The Kier molecular flexibility index (Phi) is 5.24. The van der Waals surface area contributed by atoms with E-state index in [4.69, 9.17) is 0 Å². The van der Waals surface area contributed by atoms with Gasteiger partial charge in [0, 0.05) is 27.1 Å². The van der Waals surface area contributed by atoms with E-state index in [9.17, 15) is 14.4 Å². The van der Waals surface area contributed by atoms with Crippen molar-refractivity contribution < 1.29 is 9.59 Å². The van der Waals surface area contributed by atoms with E-state index in [0.29, 0.717) is 37.7 Å². The number of carbonyl (C=O) groups excluding carboxylic acids is 2. The third kappa shape index (κ3) is 4.29. The first-order chi connectivity index (χ1) is 12.0. The van der Waals surface area contributed by atoms with Crippen molar-refractivity contribution in [2.24, 2.45) is 20.0 Å². The molecule has 0 bridgehead atoms. The Morgan fingerprint density at radius 2 is 1.96 bits per heavy atom. The molecule has 8 heteroatoms. The Labute approximate surface area is 147 Å². The fourth-order valence-electron chi connectivity index (χ4n) is 3.32. The van der Waals surface area contributed by atoms with Crippen LogP contribution >= 0.6 is 0 Å². The normalized spacial score (nSPS) is 21.3. The molecule has 1 aliphatic carbocycles. The topological polar surface area (TPSA) is 89.2 Å². The molecular weight excluding hydrogens is 322 g/mol. The summed E-state index contributed by atoms with van der Waals surface area (Å²) >= 11 is 0. The van der Waals surface area contributed by atoms with Crippen LogP contribution in [0.1, 0.15) is 50.8 Å². The first kappa shape index (κ1) is 17.7. The number of rotatable bonds is 6. The minimum absolute atomic E-state index is 0.0302. The quantitative estimate of drug-likeness (QED) is 0.800. The lowest BCUT2D eigenvalue weighted by Gasteiger charge is -2.24. The highest BCUT2D eigenvalue weighted by Gasteiger charge is 2.30. The molecule has 0 spiro atoms. The van der Waals surface area contributed by atoms with Crippen LogP contribution in [0.2, 0.25) is 0 Å². The highest BCUT2D eigenvalue weighted by atomic mass is 16.2. The third-order valence-corrected chi connectivity index (χ3v) is 5.14. The maximum absolute atomic E-state index is 12.8. The van der Waals surface area contributed by atoms with E-state index in [2.05, 4.69) is 10.4 Å². The average Bonchev–Trinajstić information content (AvgIpc) is 3.39. The minimum Gasteiger partial charge on any atom is -0.344 e. The van der Waals surface area contributed by atoms with Gasteiger partial charge in [-0.15, -0.1) is 0 Å². The third-order valence-electron chi connectivity index (χ3n) is 5.14. The van der Waals surface area contributed by atoms with Crippen LogP contribution in [-0.2, 0) is 30.2 Å². The van der Waals surface area contributed by atoms with Gasteiger partial charge >= 0.3 is 5.69 Å². The Morgan fingerprint density at radius 1 is 1.20 bits per heavy atom. The van der Waals surface area contributed by atoms with Crippen LogP contribution in [0.25, 0.3) is 0 Å².